The van der Waals surface area contributed by atoms with Gasteiger partial charge < -0.3 is 0 Å². The monoisotopic (exact) mass is 215 g/mol. The Kier molecular flexibility index (Phi) is 5.58. The summed E-state index contributed by atoms with van der Waals surface area (Å²) in [4.78, 5) is 0. The number of nitrogens with one attached hydrogen (secondary N) is 1. The Morgan fingerprint density at radius 3 is 2.45 bits per heavy atom. The molecule has 0 aromatic heterocycles. The minimum Gasteiger partial charge on any atom is -0.254 e. The molecule has 0 aromatic rings. The van der Waals surface area contributed by atoms with Crippen molar-refractivity contribution in [1.29, 1.82) is 0 Å². The van der Waals surface area contributed by atoms with Gasteiger partial charge in [-0.15, -0.1) is 0 Å². The highest BCUT2D eigenvalue weighted by Gasteiger charge is 2.14. The van der Waals surface area contributed by atoms with Crippen LogP contribution in [0, 0.1) is 0 Å². The van der Waals surface area contributed by atoms with Crippen LogP contribution in [0.1, 0.15) is 13.8 Å². The second-order valence-corrected chi connectivity index (χ2v) is 6.10. The molecule has 0 unspecified atom stereocenters. The number of sulfone groups is 1. The summed E-state index contributed by atoms with van der Waals surface area (Å²) in [6, 6.07) is 0. The van der Waals surface area contributed by atoms with Crippen LogP contribution in [-0.4, -0.2) is 26.0 Å². The first-order valence-electron chi connectivity index (χ1n) is 3.25. The highest BCUT2D eigenvalue weighted by atomic mass is 33.1. The summed E-state index contributed by atoms with van der Waals surface area (Å²) in [6.07, 6.45) is 0. The highest BCUT2D eigenvalue weighted by Crippen LogP contribution is 2.01. The number of thiol groups is 1. The first-order valence-corrected chi connectivity index (χ1v) is 6.84. The van der Waals surface area contributed by atoms with E-state index >= 15 is 0 Å². The predicted octanol–water partition coefficient (Wildman–Crippen LogP) is 0.892. The predicted molar refractivity (Wildman–Crippen MR) is 53.5 cm³/mol. The van der Waals surface area contributed by atoms with Crippen molar-refractivity contribution in [3.8, 4) is 0 Å². The van der Waals surface area contributed by atoms with Crippen LogP contribution < -0.4 is 4.72 Å². The SMILES string of the molecule is CC(C)S(=O)(=O)CCNSS. The average Bonchev–Trinajstić information content (AvgIpc) is 1.88. The second-order valence-electron chi connectivity index (χ2n) is 2.40. The van der Waals surface area contributed by atoms with Crippen LogP contribution in [0.5, 0.6) is 0 Å². The molecular formula is C5H13NO2S3. The summed E-state index contributed by atoms with van der Waals surface area (Å²) in [5.41, 5.74) is 0. The van der Waals surface area contributed by atoms with Crippen LogP contribution in [0.25, 0.3) is 0 Å². The van der Waals surface area contributed by atoms with Crippen LogP contribution in [0.4, 0.5) is 0 Å². The Morgan fingerprint density at radius 2 is 2.09 bits per heavy atom. The van der Waals surface area contributed by atoms with Gasteiger partial charge in [0.25, 0.3) is 0 Å². The fourth-order valence-electron chi connectivity index (χ4n) is 0.465. The van der Waals surface area contributed by atoms with Crippen molar-refractivity contribution in [1.82, 2.24) is 4.72 Å². The summed E-state index contributed by atoms with van der Waals surface area (Å²) in [5.74, 6) is 0.179. The molecule has 0 spiro atoms. The van der Waals surface area contributed by atoms with Gasteiger partial charge in [-0.25, -0.2) is 8.42 Å². The summed E-state index contributed by atoms with van der Waals surface area (Å²) >= 11 is 3.81. The molecule has 3 nitrogen and oxygen atoms in total. The molecule has 0 atom stereocenters. The maximum atomic E-state index is 11.1. The third kappa shape index (κ3) is 4.95. The first kappa shape index (κ1) is 11.6. The van der Waals surface area contributed by atoms with Crippen LogP contribution >= 0.6 is 22.6 Å². The van der Waals surface area contributed by atoms with Gasteiger partial charge in [0, 0.05) is 6.54 Å². The van der Waals surface area contributed by atoms with E-state index in [1.54, 1.807) is 13.8 Å². The fourth-order valence-corrected chi connectivity index (χ4v) is 1.92. The summed E-state index contributed by atoms with van der Waals surface area (Å²) in [5, 5.41) is -0.283. The van der Waals surface area contributed by atoms with Gasteiger partial charge in [0.2, 0.25) is 0 Å². The lowest BCUT2D eigenvalue weighted by atomic mass is 10.6. The molecule has 0 saturated carbocycles. The van der Waals surface area contributed by atoms with Gasteiger partial charge in [0.05, 0.1) is 11.0 Å². The minimum atomic E-state index is -2.88. The van der Waals surface area contributed by atoms with Gasteiger partial charge in [0.15, 0.2) is 9.84 Å². The zero-order chi connectivity index (χ0) is 8.91. The van der Waals surface area contributed by atoms with E-state index in [4.69, 9.17) is 0 Å². The Bertz CT molecular complexity index is 188. The van der Waals surface area contributed by atoms with Crippen molar-refractivity contribution < 1.29 is 8.42 Å². The van der Waals surface area contributed by atoms with E-state index in [0.717, 1.165) is 11.0 Å². The van der Waals surface area contributed by atoms with E-state index in [1.165, 1.54) is 0 Å². The van der Waals surface area contributed by atoms with Gasteiger partial charge >= 0.3 is 0 Å². The summed E-state index contributed by atoms with van der Waals surface area (Å²) in [7, 11) is -1.75. The van der Waals surface area contributed by atoms with Gasteiger partial charge in [-0.1, -0.05) is 11.7 Å². The Morgan fingerprint density at radius 1 is 1.55 bits per heavy atom. The van der Waals surface area contributed by atoms with Crippen LogP contribution in [0.15, 0.2) is 0 Å². The molecule has 11 heavy (non-hydrogen) atoms. The normalized spacial score (nSPS) is 12.4. The van der Waals surface area contributed by atoms with Crippen molar-refractivity contribution >= 4 is 32.5 Å². The molecule has 68 valence electrons. The van der Waals surface area contributed by atoms with Crippen LogP contribution in [0.3, 0.4) is 0 Å². The maximum Gasteiger partial charge on any atom is 0.153 e. The molecule has 0 aliphatic carbocycles. The largest absolute Gasteiger partial charge is 0.254 e. The third-order valence-corrected chi connectivity index (χ3v) is 4.20. The molecule has 0 heterocycles. The lowest BCUT2D eigenvalue weighted by molar-refractivity contribution is 0.586. The van der Waals surface area contributed by atoms with Gasteiger partial charge in [-0.05, 0) is 24.8 Å². The lowest BCUT2D eigenvalue weighted by Crippen LogP contribution is -2.23. The first-order chi connectivity index (χ1) is 5.00. The van der Waals surface area contributed by atoms with Gasteiger partial charge in [0.1, 0.15) is 0 Å². The molecule has 1 N–H and O–H groups in total. The molecule has 0 aromatic carbocycles. The maximum absolute atomic E-state index is 11.1. The van der Waals surface area contributed by atoms with E-state index < -0.39 is 9.84 Å². The lowest BCUT2D eigenvalue weighted by Gasteiger charge is -2.06. The Hall–Kier alpha value is 0.610. The number of hydrogen-bond acceptors (Lipinski definition) is 5. The molecule has 0 radical (unpaired) electrons. The molecular weight excluding hydrogens is 202 g/mol. The van der Waals surface area contributed by atoms with Gasteiger partial charge in [-0.3, -0.25) is 4.72 Å². The zero-order valence-corrected chi connectivity index (χ0v) is 9.10. The van der Waals surface area contributed by atoms with E-state index in [0.29, 0.717) is 6.54 Å². The average molecular weight is 215 g/mol. The quantitative estimate of drug-likeness (QED) is 0.309. The zero-order valence-electron chi connectivity index (χ0n) is 6.57. The highest BCUT2D eigenvalue weighted by molar-refractivity contribution is 8.67. The van der Waals surface area contributed by atoms with Crippen molar-refractivity contribution in [3.05, 3.63) is 0 Å². The van der Waals surface area contributed by atoms with E-state index in [9.17, 15) is 8.42 Å². The standard InChI is InChI=1S/C5H13NO2S3/c1-5(2)11(7,8)4-3-6-10-9/h5-6,9H,3-4H2,1-2H3. The van der Waals surface area contributed by atoms with Crippen LogP contribution in [0.2, 0.25) is 0 Å². The smallest absolute Gasteiger partial charge is 0.153 e. The molecule has 0 saturated heterocycles. The van der Waals surface area contributed by atoms with Crippen molar-refractivity contribution in [2.45, 2.75) is 19.1 Å². The minimum absolute atomic E-state index is 0.179. The molecule has 0 bridgehead atoms. The Labute approximate surface area is 77.2 Å². The van der Waals surface area contributed by atoms with E-state index in [-0.39, 0.29) is 11.0 Å². The molecule has 0 aliphatic heterocycles. The van der Waals surface area contributed by atoms with Crippen molar-refractivity contribution in [2.24, 2.45) is 0 Å². The number of hydrogen-bond donors (Lipinski definition) is 2. The number of rotatable bonds is 5. The summed E-state index contributed by atoms with van der Waals surface area (Å²) < 4.78 is 25.0. The molecule has 0 rings (SSSR count). The van der Waals surface area contributed by atoms with E-state index in [2.05, 4.69) is 16.4 Å². The second kappa shape index (κ2) is 5.29. The molecule has 0 amide bonds. The Balaban J connectivity index is 3.75. The fraction of sp³-hybridized carbons (Fsp3) is 1.00. The van der Waals surface area contributed by atoms with Crippen LogP contribution in [-0.2, 0) is 9.84 Å². The van der Waals surface area contributed by atoms with Gasteiger partial charge in [-0.2, -0.15) is 0 Å². The van der Waals surface area contributed by atoms with E-state index in [1.807, 2.05) is 0 Å². The summed E-state index contributed by atoms with van der Waals surface area (Å²) in [6.45, 7) is 3.82. The molecule has 0 aliphatic rings. The molecule has 0 fully saturated rings. The van der Waals surface area contributed by atoms with Crippen molar-refractivity contribution in [2.75, 3.05) is 12.3 Å². The third-order valence-electron chi connectivity index (χ3n) is 1.27. The topological polar surface area (TPSA) is 46.2 Å². The molecule has 6 heteroatoms. The van der Waals surface area contributed by atoms with Crippen molar-refractivity contribution in [3.63, 3.8) is 0 Å².